The van der Waals surface area contributed by atoms with Crippen molar-refractivity contribution in [1.82, 2.24) is 15.1 Å². The van der Waals surface area contributed by atoms with Crippen LogP contribution >= 0.6 is 0 Å². The molecule has 1 N–H and O–H groups in total. The first-order chi connectivity index (χ1) is 11.6. The predicted molar refractivity (Wildman–Crippen MR) is 87.0 cm³/mol. The maximum absolute atomic E-state index is 12.9. The second-order valence-corrected chi connectivity index (χ2v) is 5.77. The maximum atomic E-state index is 12.9. The van der Waals surface area contributed by atoms with Gasteiger partial charge in [0.15, 0.2) is 0 Å². The van der Waals surface area contributed by atoms with Gasteiger partial charge < -0.3 is 10.2 Å². The zero-order valence-electron chi connectivity index (χ0n) is 13.4. The van der Waals surface area contributed by atoms with Crippen LogP contribution in [0.15, 0.2) is 41.8 Å². The van der Waals surface area contributed by atoms with E-state index < -0.39 is 6.10 Å². The Morgan fingerprint density at radius 2 is 2.21 bits per heavy atom. The molecule has 2 aromatic rings. The summed E-state index contributed by atoms with van der Waals surface area (Å²) in [5.74, 6) is -0.493. The van der Waals surface area contributed by atoms with Crippen molar-refractivity contribution in [2.75, 3.05) is 6.54 Å². The Balaban J connectivity index is 1.41. The highest BCUT2D eigenvalue weighted by atomic mass is 19.1. The normalized spacial score (nSPS) is 16.6. The van der Waals surface area contributed by atoms with Crippen LogP contribution in [0.25, 0.3) is 0 Å². The molecule has 1 aromatic carbocycles. The number of carbonyl (C=O) groups is 1. The van der Waals surface area contributed by atoms with Crippen LogP contribution in [0, 0.1) is 12.7 Å². The highest BCUT2D eigenvalue weighted by Crippen LogP contribution is 2.17. The molecule has 0 saturated carbocycles. The molecule has 0 saturated heterocycles. The number of benzene rings is 1. The fourth-order valence-electron chi connectivity index (χ4n) is 2.49. The van der Waals surface area contributed by atoms with Crippen molar-refractivity contribution in [2.45, 2.75) is 32.4 Å². The summed E-state index contributed by atoms with van der Waals surface area (Å²) in [6, 6.07) is 5.98. The number of halogens is 1. The molecule has 6 nitrogen and oxygen atoms in total. The van der Waals surface area contributed by atoms with Crippen molar-refractivity contribution < 1.29 is 14.0 Å². The molecular weight excluding hydrogens is 311 g/mol. The number of hydrogen-bond acceptors (Lipinski definition) is 4. The first-order valence-corrected chi connectivity index (χ1v) is 7.87. The summed E-state index contributed by atoms with van der Waals surface area (Å²) in [4.78, 5) is 17.3. The minimum absolute atomic E-state index is 0.187. The van der Waals surface area contributed by atoms with Gasteiger partial charge in [0.05, 0.1) is 11.9 Å². The van der Waals surface area contributed by atoms with E-state index >= 15 is 0 Å². The van der Waals surface area contributed by atoms with Crippen LogP contribution in [0.4, 0.5) is 4.39 Å². The van der Waals surface area contributed by atoms with Gasteiger partial charge in [0.25, 0.3) is 5.91 Å². The van der Waals surface area contributed by atoms with Gasteiger partial charge in [-0.25, -0.2) is 4.39 Å². The van der Waals surface area contributed by atoms with E-state index in [1.165, 1.54) is 12.1 Å². The molecule has 126 valence electrons. The first-order valence-electron chi connectivity index (χ1n) is 7.87. The van der Waals surface area contributed by atoms with E-state index in [2.05, 4.69) is 15.6 Å². The standard InChI is InChI=1S/C17H19FN4O2/c1-12-10-20-22(11-12)8-2-7-19-17(23)16-9-15(21-24-16)13-3-5-14(18)6-4-13/h3-6,10-11,16H,2,7-9H2,1H3,(H,19,23)/t16-/m1/s1. The predicted octanol–water partition coefficient (Wildman–Crippen LogP) is 2.03. The number of carbonyl (C=O) groups excluding carboxylic acids is 1. The Morgan fingerprint density at radius 1 is 1.42 bits per heavy atom. The molecule has 0 radical (unpaired) electrons. The Bertz CT molecular complexity index is 739. The summed E-state index contributed by atoms with van der Waals surface area (Å²) in [6.07, 6.45) is 4.31. The lowest BCUT2D eigenvalue weighted by Gasteiger charge is -2.09. The van der Waals surface area contributed by atoms with E-state index in [4.69, 9.17) is 4.84 Å². The number of nitrogens with zero attached hydrogens (tertiary/aromatic N) is 3. The summed E-state index contributed by atoms with van der Waals surface area (Å²) >= 11 is 0. The Kier molecular flexibility index (Phi) is 4.88. The van der Waals surface area contributed by atoms with Crippen molar-refractivity contribution >= 4 is 11.6 Å². The molecule has 0 spiro atoms. The van der Waals surface area contributed by atoms with Gasteiger partial charge >= 0.3 is 0 Å². The minimum atomic E-state index is -0.628. The second kappa shape index (κ2) is 7.25. The van der Waals surface area contributed by atoms with Gasteiger partial charge in [-0.1, -0.05) is 17.3 Å². The van der Waals surface area contributed by atoms with E-state index in [1.54, 1.807) is 18.3 Å². The largest absolute Gasteiger partial charge is 0.382 e. The zero-order chi connectivity index (χ0) is 16.9. The van der Waals surface area contributed by atoms with Crippen LogP contribution in [0.2, 0.25) is 0 Å². The Hall–Kier alpha value is -2.70. The average Bonchev–Trinajstić information content (AvgIpc) is 3.21. The molecule has 1 amide bonds. The smallest absolute Gasteiger partial charge is 0.264 e. The first kappa shape index (κ1) is 16.2. The van der Waals surface area contributed by atoms with Crippen molar-refractivity contribution in [2.24, 2.45) is 5.16 Å². The molecule has 0 bridgehead atoms. The molecule has 1 aliphatic rings. The number of oxime groups is 1. The zero-order valence-corrected chi connectivity index (χ0v) is 13.4. The van der Waals surface area contributed by atoms with E-state index in [0.29, 0.717) is 18.7 Å². The van der Waals surface area contributed by atoms with Gasteiger partial charge in [0.1, 0.15) is 5.82 Å². The van der Waals surface area contributed by atoms with Gasteiger partial charge in [-0.05, 0) is 36.6 Å². The fraction of sp³-hybridized carbons (Fsp3) is 0.353. The molecule has 7 heteroatoms. The number of aryl methyl sites for hydroxylation is 2. The van der Waals surface area contributed by atoms with Crippen LogP contribution in [0.3, 0.4) is 0 Å². The lowest BCUT2D eigenvalue weighted by molar-refractivity contribution is -0.131. The summed E-state index contributed by atoms with van der Waals surface area (Å²) < 4.78 is 14.8. The number of nitrogens with one attached hydrogen (secondary N) is 1. The molecular formula is C17H19FN4O2. The van der Waals surface area contributed by atoms with E-state index in [1.807, 2.05) is 17.8 Å². The third-order valence-corrected chi connectivity index (χ3v) is 3.76. The highest BCUT2D eigenvalue weighted by Gasteiger charge is 2.28. The van der Waals surface area contributed by atoms with Crippen LogP contribution in [0.1, 0.15) is 24.0 Å². The summed E-state index contributed by atoms with van der Waals surface area (Å²) in [6.45, 7) is 3.28. The molecule has 2 heterocycles. The fourth-order valence-corrected chi connectivity index (χ4v) is 2.49. The van der Waals surface area contributed by atoms with Crippen molar-refractivity contribution in [1.29, 1.82) is 0 Å². The minimum Gasteiger partial charge on any atom is -0.382 e. The SMILES string of the molecule is Cc1cnn(CCCNC(=O)[C@H]2CC(c3ccc(F)cc3)=NO2)c1. The van der Waals surface area contributed by atoms with E-state index in [0.717, 1.165) is 24.1 Å². The molecule has 1 aliphatic heterocycles. The van der Waals surface area contributed by atoms with Gasteiger partial charge in [-0.15, -0.1) is 0 Å². The topological polar surface area (TPSA) is 68.5 Å². The molecule has 0 aliphatic carbocycles. The van der Waals surface area contributed by atoms with E-state index in [9.17, 15) is 9.18 Å². The second-order valence-electron chi connectivity index (χ2n) is 5.77. The highest BCUT2D eigenvalue weighted by molar-refractivity contribution is 6.04. The Labute approximate surface area is 139 Å². The van der Waals surface area contributed by atoms with E-state index in [-0.39, 0.29) is 11.7 Å². The molecule has 0 fully saturated rings. The molecule has 24 heavy (non-hydrogen) atoms. The average molecular weight is 330 g/mol. The lowest BCUT2D eigenvalue weighted by atomic mass is 10.0. The van der Waals surface area contributed by atoms with Crippen molar-refractivity contribution in [3.8, 4) is 0 Å². The van der Waals surface area contributed by atoms with Gasteiger partial charge in [0, 0.05) is 25.7 Å². The summed E-state index contributed by atoms with van der Waals surface area (Å²) in [5.41, 5.74) is 2.53. The summed E-state index contributed by atoms with van der Waals surface area (Å²) in [7, 11) is 0. The molecule has 1 atom stereocenters. The van der Waals surface area contributed by atoms with Crippen LogP contribution in [-0.2, 0) is 16.2 Å². The van der Waals surface area contributed by atoms with Crippen LogP contribution in [-0.4, -0.2) is 34.0 Å². The van der Waals surface area contributed by atoms with Crippen LogP contribution < -0.4 is 5.32 Å². The molecule has 3 rings (SSSR count). The lowest BCUT2D eigenvalue weighted by Crippen LogP contribution is -2.35. The van der Waals surface area contributed by atoms with Crippen molar-refractivity contribution in [3.63, 3.8) is 0 Å². The van der Waals surface area contributed by atoms with Crippen molar-refractivity contribution in [3.05, 3.63) is 53.6 Å². The van der Waals surface area contributed by atoms with Crippen LogP contribution in [0.5, 0.6) is 0 Å². The van der Waals surface area contributed by atoms with Gasteiger partial charge in [-0.3, -0.25) is 9.48 Å². The quantitative estimate of drug-likeness (QED) is 0.824. The number of amides is 1. The number of rotatable bonds is 6. The maximum Gasteiger partial charge on any atom is 0.264 e. The number of hydrogen-bond donors (Lipinski definition) is 1. The Morgan fingerprint density at radius 3 is 2.92 bits per heavy atom. The van der Waals surface area contributed by atoms with Gasteiger partial charge in [0.2, 0.25) is 6.10 Å². The third kappa shape index (κ3) is 3.98. The third-order valence-electron chi connectivity index (χ3n) is 3.76. The molecule has 0 unspecified atom stereocenters. The van der Waals surface area contributed by atoms with Gasteiger partial charge in [-0.2, -0.15) is 5.10 Å². The molecule has 1 aromatic heterocycles. The summed E-state index contributed by atoms with van der Waals surface area (Å²) in [5, 5.41) is 11.0. The number of aromatic nitrogens is 2. The monoisotopic (exact) mass is 330 g/mol.